The number of aliphatic hydroxyl groups is 2. The van der Waals surface area contributed by atoms with Gasteiger partial charge in [-0.1, -0.05) is 84.9 Å². The average molecular weight is 721 g/mol. The summed E-state index contributed by atoms with van der Waals surface area (Å²) in [5.74, 6) is -0.915. The summed E-state index contributed by atoms with van der Waals surface area (Å²) in [6.07, 6.45) is -1.29. The van der Waals surface area contributed by atoms with Crippen molar-refractivity contribution in [2.75, 3.05) is 52.9 Å². The lowest BCUT2D eigenvalue weighted by Gasteiger charge is -2.28. The predicted octanol–water partition coefficient (Wildman–Crippen LogP) is 4.57. The van der Waals surface area contributed by atoms with Gasteiger partial charge in [-0.25, -0.2) is 4.79 Å². The molecule has 11 heteroatoms. The second kappa shape index (κ2) is 21.6. The van der Waals surface area contributed by atoms with Crippen LogP contribution in [0.25, 0.3) is 0 Å². The molecular formula is C41H56N2O9. The summed E-state index contributed by atoms with van der Waals surface area (Å²) in [5, 5.41) is 28.4. The first-order valence-corrected chi connectivity index (χ1v) is 18.2. The maximum Gasteiger partial charge on any atom is 0.407 e. The van der Waals surface area contributed by atoms with Crippen LogP contribution in [0, 0.1) is 5.92 Å². The molecule has 0 spiro atoms. The maximum absolute atomic E-state index is 13.9. The van der Waals surface area contributed by atoms with Crippen molar-refractivity contribution in [3.05, 3.63) is 107 Å². The Morgan fingerprint density at radius 1 is 0.750 bits per heavy atom. The number of alkyl carbamates (subject to hydrolysis) is 1. The molecule has 11 nitrogen and oxygen atoms in total. The Morgan fingerprint density at radius 3 is 1.90 bits per heavy atom. The second-order valence-corrected chi connectivity index (χ2v) is 14.0. The SMILES string of the molecule is CC(C)(C)OCCOCCOCCOCCOC(=O)NC(Cc1ccccc1)C(O)CC(Cc1ccccc1)C(=O)NC1c2ccccc2CC1O. The van der Waals surface area contributed by atoms with Gasteiger partial charge < -0.3 is 44.5 Å². The fraction of sp³-hybridized carbons (Fsp3) is 0.512. The standard InChI is InChI=1S/C41H56N2O9/c1-41(2,3)52-25-23-50-21-19-48-18-20-49-22-24-51-40(47)42-35(27-31-14-8-5-9-15-31)36(44)29-33(26-30-12-6-4-7-13-30)39(46)43-38-34-17-11-10-16-32(34)28-37(38)45/h4-17,33,35-38,44-45H,18-29H2,1-3H3,(H,42,47)(H,43,46). The lowest BCUT2D eigenvalue weighted by molar-refractivity contribution is -0.127. The number of carbonyl (C=O) groups excluding carboxylic acids is 2. The molecule has 0 aromatic heterocycles. The number of hydrogen-bond acceptors (Lipinski definition) is 9. The van der Waals surface area contributed by atoms with Gasteiger partial charge in [0.25, 0.3) is 0 Å². The normalized spacial score (nSPS) is 17.2. The third kappa shape index (κ3) is 14.7. The number of carbonyl (C=O) groups is 2. The van der Waals surface area contributed by atoms with Crippen LogP contribution < -0.4 is 10.6 Å². The number of ether oxygens (including phenoxy) is 5. The van der Waals surface area contributed by atoms with E-state index in [0.29, 0.717) is 58.9 Å². The van der Waals surface area contributed by atoms with Crippen LogP contribution in [0.1, 0.15) is 55.5 Å². The zero-order valence-corrected chi connectivity index (χ0v) is 30.7. The van der Waals surface area contributed by atoms with Gasteiger partial charge in [-0.2, -0.15) is 0 Å². The summed E-state index contributed by atoms with van der Waals surface area (Å²) in [5.41, 5.74) is 3.56. The van der Waals surface area contributed by atoms with E-state index in [1.807, 2.05) is 106 Å². The Bertz CT molecular complexity index is 1470. The summed E-state index contributed by atoms with van der Waals surface area (Å²) >= 11 is 0. The maximum atomic E-state index is 13.9. The minimum Gasteiger partial charge on any atom is -0.447 e. The summed E-state index contributed by atoms with van der Waals surface area (Å²) in [7, 11) is 0. The highest BCUT2D eigenvalue weighted by Crippen LogP contribution is 2.32. The Labute approximate surface area is 308 Å². The van der Waals surface area contributed by atoms with Crippen molar-refractivity contribution in [2.45, 2.75) is 76.3 Å². The third-order valence-corrected chi connectivity index (χ3v) is 8.76. The van der Waals surface area contributed by atoms with E-state index in [0.717, 1.165) is 22.3 Å². The van der Waals surface area contributed by atoms with Crippen molar-refractivity contribution >= 4 is 12.0 Å². The number of nitrogens with one attached hydrogen (secondary N) is 2. The molecule has 0 radical (unpaired) electrons. The first-order valence-electron chi connectivity index (χ1n) is 18.2. The average Bonchev–Trinajstić information content (AvgIpc) is 3.44. The second-order valence-electron chi connectivity index (χ2n) is 14.0. The number of fused-ring (bicyclic) bond motifs is 1. The summed E-state index contributed by atoms with van der Waals surface area (Å²) in [6.45, 7) is 8.83. The van der Waals surface area contributed by atoms with Crippen molar-refractivity contribution in [1.82, 2.24) is 10.6 Å². The van der Waals surface area contributed by atoms with Crippen molar-refractivity contribution in [3.63, 3.8) is 0 Å². The first-order chi connectivity index (χ1) is 25.1. The zero-order valence-electron chi connectivity index (χ0n) is 30.7. The number of amides is 2. The van der Waals surface area contributed by atoms with Crippen molar-refractivity contribution in [2.24, 2.45) is 5.92 Å². The highest BCUT2D eigenvalue weighted by Gasteiger charge is 2.35. The Morgan fingerprint density at radius 2 is 1.29 bits per heavy atom. The topological polar surface area (TPSA) is 145 Å². The van der Waals surface area contributed by atoms with Crippen LogP contribution in [0.5, 0.6) is 0 Å². The minimum atomic E-state index is -1.09. The van der Waals surface area contributed by atoms with Crippen molar-refractivity contribution < 1.29 is 43.5 Å². The van der Waals surface area contributed by atoms with Gasteiger partial charge in [0.2, 0.25) is 5.91 Å². The molecule has 5 unspecified atom stereocenters. The smallest absolute Gasteiger partial charge is 0.407 e. The molecule has 0 saturated heterocycles. The molecule has 4 rings (SSSR count). The van der Waals surface area contributed by atoms with Crippen LogP contribution in [0.15, 0.2) is 84.9 Å². The van der Waals surface area contributed by atoms with E-state index in [-0.39, 0.29) is 31.1 Å². The van der Waals surface area contributed by atoms with Crippen LogP contribution in [0.3, 0.4) is 0 Å². The fourth-order valence-electron chi connectivity index (χ4n) is 6.14. The minimum absolute atomic E-state index is 0.0150. The summed E-state index contributed by atoms with van der Waals surface area (Å²) in [6, 6.07) is 25.6. The molecule has 0 aliphatic heterocycles. The quantitative estimate of drug-likeness (QED) is 0.110. The molecule has 0 heterocycles. The van der Waals surface area contributed by atoms with E-state index < -0.39 is 36.3 Å². The fourth-order valence-corrected chi connectivity index (χ4v) is 6.14. The molecular weight excluding hydrogens is 664 g/mol. The number of benzene rings is 3. The molecule has 0 fully saturated rings. The zero-order chi connectivity index (χ0) is 37.2. The van der Waals surface area contributed by atoms with Gasteiger partial charge in [0, 0.05) is 12.3 Å². The first kappa shape index (κ1) is 40.9. The molecule has 5 atom stereocenters. The Balaban J connectivity index is 1.27. The van der Waals surface area contributed by atoms with E-state index in [4.69, 9.17) is 23.7 Å². The number of aliphatic hydroxyl groups excluding tert-OH is 2. The molecule has 1 aliphatic carbocycles. The highest BCUT2D eigenvalue weighted by atomic mass is 16.6. The van der Waals surface area contributed by atoms with Gasteiger partial charge >= 0.3 is 6.09 Å². The highest BCUT2D eigenvalue weighted by molar-refractivity contribution is 5.80. The molecule has 52 heavy (non-hydrogen) atoms. The Kier molecular flexibility index (Phi) is 17.0. The predicted molar refractivity (Wildman–Crippen MR) is 198 cm³/mol. The van der Waals surface area contributed by atoms with Gasteiger partial charge in [-0.15, -0.1) is 0 Å². The number of hydrogen-bond donors (Lipinski definition) is 4. The molecule has 3 aromatic carbocycles. The van der Waals surface area contributed by atoms with Crippen LogP contribution in [0.4, 0.5) is 4.79 Å². The van der Waals surface area contributed by atoms with Crippen LogP contribution >= 0.6 is 0 Å². The summed E-state index contributed by atoms with van der Waals surface area (Å²) in [4.78, 5) is 26.8. The van der Waals surface area contributed by atoms with Crippen LogP contribution in [-0.2, 0) is 47.7 Å². The summed E-state index contributed by atoms with van der Waals surface area (Å²) < 4.78 is 27.5. The van der Waals surface area contributed by atoms with E-state index in [1.54, 1.807) is 0 Å². The van der Waals surface area contributed by atoms with Gasteiger partial charge in [0.15, 0.2) is 0 Å². The molecule has 1 aliphatic rings. The molecule has 0 bridgehead atoms. The Hall–Kier alpha value is -3.84. The van der Waals surface area contributed by atoms with E-state index in [2.05, 4.69) is 10.6 Å². The molecule has 2 amide bonds. The largest absolute Gasteiger partial charge is 0.447 e. The van der Waals surface area contributed by atoms with E-state index in [1.165, 1.54) is 0 Å². The van der Waals surface area contributed by atoms with Gasteiger partial charge in [-0.05, 0) is 62.3 Å². The van der Waals surface area contributed by atoms with Crippen molar-refractivity contribution in [1.29, 1.82) is 0 Å². The molecule has 3 aromatic rings. The molecule has 4 N–H and O–H groups in total. The van der Waals surface area contributed by atoms with E-state index in [9.17, 15) is 19.8 Å². The van der Waals surface area contributed by atoms with Gasteiger partial charge in [-0.3, -0.25) is 4.79 Å². The van der Waals surface area contributed by atoms with Crippen molar-refractivity contribution in [3.8, 4) is 0 Å². The van der Waals surface area contributed by atoms with Gasteiger partial charge in [0.05, 0.1) is 76.1 Å². The van der Waals surface area contributed by atoms with Crippen LogP contribution in [-0.4, -0.2) is 98.9 Å². The van der Waals surface area contributed by atoms with Gasteiger partial charge in [0.1, 0.15) is 6.61 Å². The van der Waals surface area contributed by atoms with Crippen LogP contribution in [0.2, 0.25) is 0 Å². The van der Waals surface area contributed by atoms with E-state index >= 15 is 0 Å². The lowest BCUT2D eigenvalue weighted by atomic mass is 9.88. The third-order valence-electron chi connectivity index (χ3n) is 8.76. The molecule has 0 saturated carbocycles. The number of rotatable bonds is 22. The monoisotopic (exact) mass is 720 g/mol. The lowest BCUT2D eigenvalue weighted by Crippen LogP contribution is -2.47. The molecule has 284 valence electrons.